The Morgan fingerprint density at radius 2 is 2.12 bits per heavy atom. The summed E-state index contributed by atoms with van der Waals surface area (Å²) in [6.45, 7) is 0.123. The lowest BCUT2D eigenvalue weighted by Crippen LogP contribution is -2.34. The van der Waals surface area contributed by atoms with Gasteiger partial charge in [-0.1, -0.05) is 11.6 Å². The molecule has 1 heterocycles. The van der Waals surface area contributed by atoms with E-state index in [1.165, 1.54) is 18.4 Å². The lowest BCUT2D eigenvalue weighted by atomic mass is 10.3. The maximum atomic E-state index is 13.2. The summed E-state index contributed by atoms with van der Waals surface area (Å²) in [5, 5.41) is 2.43. The van der Waals surface area contributed by atoms with Crippen LogP contribution in [-0.2, 0) is 21.4 Å². The molecule has 6 nitrogen and oxygen atoms in total. The molecular formula is C15H16ClFN2O4S. The number of benzene rings is 1. The van der Waals surface area contributed by atoms with Gasteiger partial charge in [0.25, 0.3) is 0 Å². The fraction of sp³-hybridized carbons (Fsp3) is 0.267. The SMILES string of the molecule is CS(=O)(=O)N(CCC(=O)NCc1ccco1)c1ccc(F)c(Cl)c1. The Morgan fingerprint density at radius 3 is 2.71 bits per heavy atom. The van der Waals surface area contributed by atoms with Gasteiger partial charge in [0.1, 0.15) is 11.6 Å². The van der Waals surface area contributed by atoms with E-state index in [1.807, 2.05) is 0 Å². The lowest BCUT2D eigenvalue weighted by Gasteiger charge is -2.22. The molecule has 0 aliphatic carbocycles. The normalized spacial score (nSPS) is 11.3. The lowest BCUT2D eigenvalue weighted by molar-refractivity contribution is -0.121. The van der Waals surface area contributed by atoms with Crippen molar-refractivity contribution in [3.63, 3.8) is 0 Å². The number of hydrogen-bond acceptors (Lipinski definition) is 4. The summed E-state index contributed by atoms with van der Waals surface area (Å²) in [5.41, 5.74) is 0.197. The average molecular weight is 375 g/mol. The summed E-state index contributed by atoms with van der Waals surface area (Å²) in [6.07, 6.45) is 2.43. The van der Waals surface area contributed by atoms with Gasteiger partial charge in [-0.2, -0.15) is 0 Å². The molecule has 0 saturated heterocycles. The molecule has 1 N–H and O–H groups in total. The van der Waals surface area contributed by atoms with Gasteiger partial charge in [-0.15, -0.1) is 0 Å². The third-order valence-corrected chi connectivity index (χ3v) is 4.66. The topological polar surface area (TPSA) is 79.6 Å². The van der Waals surface area contributed by atoms with E-state index in [4.69, 9.17) is 16.0 Å². The van der Waals surface area contributed by atoms with E-state index in [-0.39, 0.29) is 36.1 Å². The molecular weight excluding hydrogens is 359 g/mol. The number of carbonyl (C=O) groups excluding carboxylic acids is 1. The van der Waals surface area contributed by atoms with Crippen LogP contribution in [0.3, 0.4) is 0 Å². The van der Waals surface area contributed by atoms with Crippen molar-refractivity contribution < 1.29 is 22.0 Å². The zero-order chi connectivity index (χ0) is 17.7. The Labute approximate surface area is 144 Å². The summed E-state index contributed by atoms with van der Waals surface area (Å²) in [7, 11) is -3.65. The zero-order valence-electron chi connectivity index (χ0n) is 12.8. The van der Waals surface area contributed by atoms with E-state index in [0.717, 1.165) is 16.6 Å². The standard InChI is InChI=1S/C15H16ClFN2O4S/c1-24(21,22)19(11-4-5-14(17)13(16)9-11)7-6-15(20)18-10-12-3-2-8-23-12/h2-5,8-9H,6-7,10H2,1H3,(H,18,20). The highest BCUT2D eigenvalue weighted by molar-refractivity contribution is 7.92. The number of amides is 1. The van der Waals surface area contributed by atoms with Gasteiger partial charge < -0.3 is 9.73 Å². The number of carbonyl (C=O) groups is 1. The predicted octanol–water partition coefficient (Wildman–Crippen LogP) is 2.54. The highest BCUT2D eigenvalue weighted by Crippen LogP contribution is 2.24. The smallest absolute Gasteiger partial charge is 0.232 e. The molecule has 1 amide bonds. The van der Waals surface area contributed by atoms with E-state index < -0.39 is 15.8 Å². The molecule has 24 heavy (non-hydrogen) atoms. The van der Waals surface area contributed by atoms with Crippen molar-refractivity contribution in [3.8, 4) is 0 Å². The van der Waals surface area contributed by atoms with Crippen molar-refractivity contribution in [1.82, 2.24) is 5.32 Å². The second kappa shape index (κ2) is 7.67. The fourth-order valence-corrected chi connectivity index (χ4v) is 3.11. The van der Waals surface area contributed by atoms with Crippen LogP contribution in [0.15, 0.2) is 41.0 Å². The summed E-state index contributed by atoms with van der Waals surface area (Å²) in [6, 6.07) is 6.99. The highest BCUT2D eigenvalue weighted by atomic mass is 35.5. The van der Waals surface area contributed by atoms with Crippen LogP contribution >= 0.6 is 11.6 Å². The monoisotopic (exact) mass is 374 g/mol. The molecule has 0 saturated carbocycles. The number of halogens is 2. The first-order chi connectivity index (χ1) is 11.3. The molecule has 0 radical (unpaired) electrons. The Morgan fingerprint density at radius 1 is 1.38 bits per heavy atom. The van der Waals surface area contributed by atoms with Gasteiger partial charge in [-0.05, 0) is 30.3 Å². The van der Waals surface area contributed by atoms with Crippen molar-refractivity contribution in [1.29, 1.82) is 0 Å². The number of anilines is 1. The van der Waals surface area contributed by atoms with Crippen LogP contribution < -0.4 is 9.62 Å². The number of nitrogens with one attached hydrogen (secondary N) is 1. The number of sulfonamides is 1. The van der Waals surface area contributed by atoms with Gasteiger partial charge in [0.15, 0.2) is 0 Å². The number of nitrogens with zero attached hydrogens (tertiary/aromatic N) is 1. The molecule has 9 heteroatoms. The van der Waals surface area contributed by atoms with Crippen molar-refractivity contribution in [2.45, 2.75) is 13.0 Å². The van der Waals surface area contributed by atoms with Crippen molar-refractivity contribution in [3.05, 3.63) is 53.2 Å². The van der Waals surface area contributed by atoms with Crippen molar-refractivity contribution in [2.24, 2.45) is 0 Å². The van der Waals surface area contributed by atoms with E-state index in [2.05, 4.69) is 5.32 Å². The second-order valence-corrected chi connectivity index (χ2v) is 7.35. The summed E-state index contributed by atoms with van der Waals surface area (Å²) in [5.74, 6) is -0.396. The largest absolute Gasteiger partial charge is 0.467 e. The minimum Gasteiger partial charge on any atom is -0.467 e. The molecule has 0 atom stereocenters. The van der Waals surface area contributed by atoms with Crippen LogP contribution in [0.2, 0.25) is 5.02 Å². The fourth-order valence-electron chi connectivity index (χ4n) is 2.02. The Bertz CT molecular complexity index is 809. The second-order valence-electron chi connectivity index (χ2n) is 5.04. The first-order valence-electron chi connectivity index (χ1n) is 6.99. The first-order valence-corrected chi connectivity index (χ1v) is 9.22. The molecule has 0 bridgehead atoms. The molecule has 0 aliphatic heterocycles. The highest BCUT2D eigenvalue weighted by Gasteiger charge is 2.19. The van der Waals surface area contributed by atoms with Crippen LogP contribution in [0, 0.1) is 5.82 Å². The van der Waals surface area contributed by atoms with Crippen LogP contribution in [0.1, 0.15) is 12.2 Å². The van der Waals surface area contributed by atoms with Crippen molar-refractivity contribution in [2.75, 3.05) is 17.1 Å². The molecule has 0 fully saturated rings. The van der Waals surface area contributed by atoms with Crippen LogP contribution in [-0.4, -0.2) is 27.1 Å². The summed E-state index contributed by atoms with van der Waals surface area (Å²) in [4.78, 5) is 11.9. The van der Waals surface area contributed by atoms with E-state index >= 15 is 0 Å². The molecule has 2 rings (SSSR count). The quantitative estimate of drug-likeness (QED) is 0.807. The van der Waals surface area contributed by atoms with Gasteiger partial charge in [-0.25, -0.2) is 12.8 Å². The third kappa shape index (κ3) is 4.97. The third-order valence-electron chi connectivity index (χ3n) is 3.17. The maximum absolute atomic E-state index is 13.2. The predicted molar refractivity (Wildman–Crippen MR) is 88.8 cm³/mol. The van der Waals surface area contributed by atoms with Crippen molar-refractivity contribution >= 4 is 33.2 Å². The minimum atomic E-state index is -3.65. The van der Waals surface area contributed by atoms with Crippen LogP contribution in [0.25, 0.3) is 0 Å². The van der Waals surface area contributed by atoms with Crippen LogP contribution in [0.5, 0.6) is 0 Å². The molecule has 0 unspecified atom stereocenters. The van der Waals surface area contributed by atoms with Gasteiger partial charge in [0, 0.05) is 13.0 Å². The Hall–Kier alpha value is -2.06. The van der Waals surface area contributed by atoms with Gasteiger partial charge in [-0.3, -0.25) is 9.10 Å². The molecule has 0 spiro atoms. The minimum absolute atomic E-state index is 0.0667. The number of rotatable bonds is 7. The number of furan rings is 1. The average Bonchev–Trinajstić information content (AvgIpc) is 3.01. The van der Waals surface area contributed by atoms with Gasteiger partial charge >= 0.3 is 0 Å². The first kappa shape index (κ1) is 18.3. The molecule has 0 aliphatic rings. The Balaban J connectivity index is 2.01. The number of hydrogen-bond donors (Lipinski definition) is 1. The van der Waals surface area contributed by atoms with Gasteiger partial charge in [0.2, 0.25) is 15.9 Å². The van der Waals surface area contributed by atoms with E-state index in [9.17, 15) is 17.6 Å². The molecule has 130 valence electrons. The van der Waals surface area contributed by atoms with E-state index in [1.54, 1.807) is 12.1 Å². The molecule has 1 aromatic carbocycles. The Kier molecular flexibility index (Phi) is 5.84. The maximum Gasteiger partial charge on any atom is 0.232 e. The van der Waals surface area contributed by atoms with E-state index in [0.29, 0.717) is 5.76 Å². The summed E-state index contributed by atoms with van der Waals surface area (Å²) >= 11 is 5.69. The summed E-state index contributed by atoms with van der Waals surface area (Å²) < 4.78 is 43.2. The molecule has 1 aromatic heterocycles. The molecule has 2 aromatic rings. The van der Waals surface area contributed by atoms with Crippen LogP contribution in [0.4, 0.5) is 10.1 Å². The van der Waals surface area contributed by atoms with Gasteiger partial charge in [0.05, 0.1) is 29.8 Å². The zero-order valence-corrected chi connectivity index (χ0v) is 14.4.